The fourth-order valence-electron chi connectivity index (χ4n) is 2.36. The Morgan fingerprint density at radius 3 is 2.88 bits per heavy atom. The molecule has 0 aromatic carbocycles. The van der Waals surface area contributed by atoms with Crippen molar-refractivity contribution in [3.05, 3.63) is 11.7 Å². The summed E-state index contributed by atoms with van der Waals surface area (Å²) in [5, 5.41) is 14.1. The smallest absolute Gasteiger partial charge is 0.232 e. The van der Waals surface area contributed by atoms with Crippen LogP contribution in [0.2, 0.25) is 0 Å². The minimum absolute atomic E-state index is 0.0443. The number of aliphatic hydroxyl groups is 1. The standard InChI is InChI=1S/C13H22N2O2/c1-3-9(2)12-14-13(17-15-12)10-7-5-4-6-8-11(10)16/h9-11,16H,3-8H2,1-2H3. The molecule has 1 heterocycles. The predicted molar refractivity (Wildman–Crippen MR) is 64.8 cm³/mol. The minimum atomic E-state index is -0.317. The van der Waals surface area contributed by atoms with E-state index in [4.69, 9.17) is 4.52 Å². The molecule has 1 aromatic rings. The summed E-state index contributed by atoms with van der Waals surface area (Å²) in [6.45, 7) is 4.21. The van der Waals surface area contributed by atoms with E-state index < -0.39 is 0 Å². The summed E-state index contributed by atoms with van der Waals surface area (Å²) < 4.78 is 5.33. The highest BCUT2D eigenvalue weighted by molar-refractivity contribution is 5.00. The van der Waals surface area contributed by atoms with E-state index in [0.29, 0.717) is 11.8 Å². The lowest BCUT2D eigenvalue weighted by Crippen LogP contribution is -2.17. The van der Waals surface area contributed by atoms with Gasteiger partial charge in [0.2, 0.25) is 5.89 Å². The molecule has 1 aliphatic rings. The Morgan fingerprint density at radius 1 is 1.35 bits per heavy atom. The van der Waals surface area contributed by atoms with Crippen LogP contribution < -0.4 is 0 Å². The van der Waals surface area contributed by atoms with Gasteiger partial charge in [-0.05, 0) is 19.3 Å². The van der Waals surface area contributed by atoms with Gasteiger partial charge in [-0.1, -0.05) is 38.3 Å². The number of hydrogen-bond donors (Lipinski definition) is 1. The molecule has 0 spiro atoms. The highest BCUT2D eigenvalue weighted by Crippen LogP contribution is 2.31. The molecule has 4 heteroatoms. The summed E-state index contributed by atoms with van der Waals surface area (Å²) in [5.74, 6) is 1.78. The van der Waals surface area contributed by atoms with E-state index in [1.807, 2.05) is 0 Å². The van der Waals surface area contributed by atoms with Crippen molar-refractivity contribution in [3.8, 4) is 0 Å². The summed E-state index contributed by atoms with van der Waals surface area (Å²) in [6, 6.07) is 0. The molecular formula is C13H22N2O2. The van der Waals surface area contributed by atoms with Crippen LogP contribution in [0.4, 0.5) is 0 Å². The fourth-order valence-corrected chi connectivity index (χ4v) is 2.36. The summed E-state index contributed by atoms with van der Waals surface area (Å²) in [5.41, 5.74) is 0. The van der Waals surface area contributed by atoms with Crippen molar-refractivity contribution in [2.75, 3.05) is 0 Å². The Bertz CT molecular complexity index is 351. The molecule has 1 aromatic heterocycles. The average Bonchev–Trinajstić information content (AvgIpc) is 2.72. The van der Waals surface area contributed by atoms with Gasteiger partial charge in [0.15, 0.2) is 5.82 Å². The van der Waals surface area contributed by atoms with Crippen molar-refractivity contribution in [1.29, 1.82) is 0 Å². The highest BCUT2D eigenvalue weighted by atomic mass is 16.5. The number of rotatable bonds is 3. The topological polar surface area (TPSA) is 59.2 Å². The first-order valence-corrected chi connectivity index (χ1v) is 6.74. The quantitative estimate of drug-likeness (QED) is 0.822. The third-order valence-electron chi connectivity index (χ3n) is 3.81. The maximum atomic E-state index is 10.1. The van der Waals surface area contributed by atoms with Crippen LogP contribution >= 0.6 is 0 Å². The van der Waals surface area contributed by atoms with Gasteiger partial charge in [-0.15, -0.1) is 0 Å². The van der Waals surface area contributed by atoms with Gasteiger partial charge in [-0.2, -0.15) is 4.98 Å². The normalized spacial score (nSPS) is 27.7. The molecule has 3 atom stereocenters. The summed E-state index contributed by atoms with van der Waals surface area (Å²) in [4.78, 5) is 4.46. The molecule has 1 aliphatic carbocycles. The van der Waals surface area contributed by atoms with Gasteiger partial charge < -0.3 is 9.63 Å². The Morgan fingerprint density at radius 2 is 2.12 bits per heavy atom. The zero-order valence-electron chi connectivity index (χ0n) is 10.7. The van der Waals surface area contributed by atoms with Crippen molar-refractivity contribution in [2.45, 2.75) is 70.3 Å². The second-order valence-corrected chi connectivity index (χ2v) is 5.11. The molecule has 0 saturated heterocycles. The number of aromatic nitrogens is 2. The van der Waals surface area contributed by atoms with Crippen LogP contribution in [0, 0.1) is 0 Å². The third kappa shape index (κ3) is 2.86. The largest absolute Gasteiger partial charge is 0.392 e. The average molecular weight is 238 g/mol. The highest BCUT2D eigenvalue weighted by Gasteiger charge is 2.28. The van der Waals surface area contributed by atoms with Gasteiger partial charge in [0.1, 0.15) is 0 Å². The first kappa shape index (κ1) is 12.6. The lowest BCUT2D eigenvalue weighted by Gasteiger charge is -2.15. The van der Waals surface area contributed by atoms with Gasteiger partial charge in [0, 0.05) is 5.92 Å². The molecule has 0 amide bonds. The summed E-state index contributed by atoms with van der Waals surface area (Å²) >= 11 is 0. The van der Waals surface area contributed by atoms with E-state index in [9.17, 15) is 5.11 Å². The lowest BCUT2D eigenvalue weighted by molar-refractivity contribution is 0.119. The molecule has 17 heavy (non-hydrogen) atoms. The van der Waals surface area contributed by atoms with Crippen molar-refractivity contribution in [3.63, 3.8) is 0 Å². The molecule has 3 unspecified atom stereocenters. The second-order valence-electron chi connectivity index (χ2n) is 5.11. The monoisotopic (exact) mass is 238 g/mol. The van der Waals surface area contributed by atoms with Crippen molar-refractivity contribution >= 4 is 0 Å². The van der Waals surface area contributed by atoms with Crippen LogP contribution in [0.5, 0.6) is 0 Å². The number of nitrogens with zero attached hydrogens (tertiary/aromatic N) is 2. The zero-order valence-corrected chi connectivity index (χ0v) is 10.7. The van der Waals surface area contributed by atoms with Gasteiger partial charge in [-0.3, -0.25) is 0 Å². The summed E-state index contributed by atoms with van der Waals surface area (Å²) in [7, 11) is 0. The summed E-state index contributed by atoms with van der Waals surface area (Å²) in [6.07, 6.45) is 5.94. The van der Waals surface area contributed by atoms with Crippen LogP contribution in [-0.4, -0.2) is 21.4 Å². The van der Waals surface area contributed by atoms with E-state index in [0.717, 1.165) is 37.9 Å². The number of hydrogen-bond acceptors (Lipinski definition) is 4. The van der Waals surface area contributed by atoms with Crippen LogP contribution in [0.15, 0.2) is 4.52 Å². The Hall–Kier alpha value is -0.900. The molecule has 0 radical (unpaired) electrons. The van der Waals surface area contributed by atoms with Gasteiger partial charge in [-0.25, -0.2) is 0 Å². The minimum Gasteiger partial charge on any atom is -0.392 e. The van der Waals surface area contributed by atoms with Crippen molar-refractivity contribution < 1.29 is 9.63 Å². The SMILES string of the molecule is CCC(C)c1noc(C2CCCCCC2O)n1. The molecule has 2 rings (SSSR count). The predicted octanol–water partition coefficient (Wildman–Crippen LogP) is 2.99. The van der Waals surface area contributed by atoms with Crippen LogP contribution in [0.1, 0.15) is 75.9 Å². The third-order valence-corrected chi connectivity index (χ3v) is 3.81. The molecular weight excluding hydrogens is 216 g/mol. The van der Waals surface area contributed by atoms with E-state index in [1.165, 1.54) is 6.42 Å². The maximum Gasteiger partial charge on any atom is 0.232 e. The van der Waals surface area contributed by atoms with Crippen molar-refractivity contribution in [1.82, 2.24) is 10.1 Å². The van der Waals surface area contributed by atoms with Gasteiger partial charge >= 0.3 is 0 Å². The first-order valence-electron chi connectivity index (χ1n) is 6.74. The Labute approximate surface area is 102 Å². The van der Waals surface area contributed by atoms with Crippen molar-refractivity contribution in [2.24, 2.45) is 0 Å². The zero-order chi connectivity index (χ0) is 12.3. The van der Waals surface area contributed by atoms with E-state index >= 15 is 0 Å². The van der Waals surface area contributed by atoms with E-state index in [-0.39, 0.29) is 12.0 Å². The Balaban J connectivity index is 2.12. The van der Waals surface area contributed by atoms with Gasteiger partial charge in [0.05, 0.1) is 12.0 Å². The van der Waals surface area contributed by atoms with E-state index in [2.05, 4.69) is 24.0 Å². The maximum absolute atomic E-state index is 10.1. The van der Waals surface area contributed by atoms with Crippen LogP contribution in [-0.2, 0) is 0 Å². The molecule has 4 nitrogen and oxygen atoms in total. The molecule has 0 bridgehead atoms. The van der Waals surface area contributed by atoms with E-state index in [1.54, 1.807) is 0 Å². The Kier molecular flexibility index (Phi) is 4.15. The molecule has 96 valence electrons. The van der Waals surface area contributed by atoms with Crippen LogP contribution in [0.3, 0.4) is 0 Å². The molecule has 1 fully saturated rings. The molecule has 1 N–H and O–H groups in total. The van der Waals surface area contributed by atoms with Crippen LogP contribution in [0.25, 0.3) is 0 Å². The molecule has 1 saturated carbocycles. The number of aliphatic hydroxyl groups excluding tert-OH is 1. The molecule has 0 aliphatic heterocycles. The first-order chi connectivity index (χ1) is 8.22. The second kappa shape index (κ2) is 5.63. The van der Waals surface area contributed by atoms with Gasteiger partial charge in [0.25, 0.3) is 0 Å². The lowest BCUT2D eigenvalue weighted by atomic mass is 9.97. The fraction of sp³-hybridized carbons (Fsp3) is 0.846.